The molecule has 0 saturated carbocycles. The highest BCUT2D eigenvalue weighted by Gasteiger charge is 2.27. The molecule has 1 fully saturated rings. The maximum atomic E-state index is 14.4. The highest BCUT2D eigenvalue weighted by molar-refractivity contribution is 7.89. The summed E-state index contributed by atoms with van der Waals surface area (Å²) in [4.78, 5) is 27.9. The summed E-state index contributed by atoms with van der Waals surface area (Å²) in [6, 6.07) is 9.69. The number of sulfonamides is 1. The molecular formula is C21H25FN4O4S. The summed E-state index contributed by atoms with van der Waals surface area (Å²) in [7, 11) is -3.79. The van der Waals surface area contributed by atoms with Crippen molar-refractivity contribution in [2.45, 2.75) is 24.8 Å². The summed E-state index contributed by atoms with van der Waals surface area (Å²) in [5, 5.41) is 7.84. The van der Waals surface area contributed by atoms with Crippen LogP contribution in [0, 0.1) is 5.82 Å². The molecule has 1 saturated heterocycles. The van der Waals surface area contributed by atoms with E-state index in [2.05, 4.69) is 5.32 Å². The zero-order chi connectivity index (χ0) is 22.8. The number of Topliss-reactive ketones (excluding diaryl/α,β-unsaturated/α-hetero) is 1. The first-order chi connectivity index (χ1) is 14.6. The average molecular weight is 449 g/mol. The maximum Gasteiger partial charge on any atom is 0.241 e. The van der Waals surface area contributed by atoms with Crippen molar-refractivity contribution in [2.24, 2.45) is 5.14 Å². The molecule has 8 nitrogen and oxygen atoms in total. The predicted octanol–water partition coefficient (Wildman–Crippen LogP) is 1.82. The molecule has 0 unspecified atom stereocenters. The topological polar surface area (TPSA) is 113 Å². The van der Waals surface area contributed by atoms with Crippen molar-refractivity contribution in [1.82, 2.24) is 4.90 Å². The Balaban J connectivity index is 1.58. The number of nitrogens with one attached hydrogen (secondary N) is 1. The van der Waals surface area contributed by atoms with Gasteiger partial charge in [0.1, 0.15) is 5.82 Å². The molecule has 31 heavy (non-hydrogen) atoms. The Morgan fingerprint density at radius 2 is 1.68 bits per heavy atom. The minimum Gasteiger partial charge on any atom is -0.367 e. The largest absolute Gasteiger partial charge is 0.367 e. The molecule has 0 aliphatic carbocycles. The predicted molar refractivity (Wildman–Crippen MR) is 116 cm³/mol. The van der Waals surface area contributed by atoms with Gasteiger partial charge in [0.15, 0.2) is 5.78 Å². The molecular weight excluding hydrogens is 423 g/mol. The molecule has 166 valence electrons. The van der Waals surface area contributed by atoms with Gasteiger partial charge in [-0.15, -0.1) is 0 Å². The quantitative estimate of drug-likeness (QED) is 0.652. The number of hydrogen-bond acceptors (Lipinski definition) is 6. The van der Waals surface area contributed by atoms with Crippen LogP contribution in [0.2, 0.25) is 0 Å². The number of halogens is 1. The fraction of sp³-hybridized carbons (Fsp3) is 0.333. The number of primary sulfonamides is 1. The van der Waals surface area contributed by atoms with E-state index in [0.717, 1.165) is 0 Å². The molecule has 1 atom stereocenters. The summed E-state index contributed by atoms with van der Waals surface area (Å²) in [5.41, 5.74) is 1.24. The maximum absolute atomic E-state index is 14.4. The first-order valence-electron chi connectivity index (χ1n) is 9.79. The van der Waals surface area contributed by atoms with Gasteiger partial charge >= 0.3 is 0 Å². The third kappa shape index (κ3) is 5.46. The second-order valence-electron chi connectivity index (χ2n) is 7.48. The van der Waals surface area contributed by atoms with Gasteiger partial charge in [0, 0.05) is 37.4 Å². The molecule has 2 aromatic rings. The molecule has 3 N–H and O–H groups in total. The number of carbonyl (C=O) groups excluding carboxylic acids is 2. The third-order valence-electron chi connectivity index (χ3n) is 5.39. The summed E-state index contributed by atoms with van der Waals surface area (Å²) >= 11 is 0. The van der Waals surface area contributed by atoms with Crippen LogP contribution in [0.15, 0.2) is 47.4 Å². The van der Waals surface area contributed by atoms with Crippen LogP contribution < -0.4 is 15.4 Å². The van der Waals surface area contributed by atoms with E-state index < -0.39 is 21.9 Å². The Kier molecular flexibility index (Phi) is 6.73. The zero-order valence-corrected chi connectivity index (χ0v) is 18.2. The van der Waals surface area contributed by atoms with E-state index in [0.29, 0.717) is 43.1 Å². The van der Waals surface area contributed by atoms with Gasteiger partial charge in [-0.3, -0.25) is 14.5 Å². The Morgan fingerprint density at radius 3 is 2.19 bits per heavy atom. The summed E-state index contributed by atoms with van der Waals surface area (Å²) < 4.78 is 37.0. The van der Waals surface area contributed by atoms with Gasteiger partial charge in [0.2, 0.25) is 15.9 Å². The number of nitrogens with two attached hydrogens (primary N) is 1. The van der Waals surface area contributed by atoms with E-state index in [9.17, 15) is 22.4 Å². The number of hydrogen-bond donors (Lipinski definition) is 2. The average Bonchev–Trinajstić information content (AvgIpc) is 2.73. The molecule has 1 aliphatic rings. The number of anilines is 2. The molecule has 0 bridgehead atoms. The lowest BCUT2D eigenvalue weighted by Crippen LogP contribution is -2.53. The van der Waals surface area contributed by atoms with E-state index in [1.165, 1.54) is 37.3 Å². The van der Waals surface area contributed by atoms with Gasteiger partial charge < -0.3 is 10.2 Å². The van der Waals surface area contributed by atoms with Gasteiger partial charge in [-0.2, -0.15) is 0 Å². The van der Waals surface area contributed by atoms with Crippen LogP contribution in [0.3, 0.4) is 0 Å². The number of amides is 1. The number of carbonyl (C=O) groups is 2. The van der Waals surface area contributed by atoms with E-state index in [-0.39, 0.29) is 16.6 Å². The molecule has 0 radical (unpaired) electrons. The molecule has 10 heteroatoms. The van der Waals surface area contributed by atoms with E-state index >= 15 is 0 Å². The second-order valence-corrected chi connectivity index (χ2v) is 9.04. The van der Waals surface area contributed by atoms with Crippen LogP contribution in [0.4, 0.5) is 15.8 Å². The van der Waals surface area contributed by atoms with Crippen molar-refractivity contribution in [1.29, 1.82) is 0 Å². The van der Waals surface area contributed by atoms with Crippen molar-refractivity contribution in [3.63, 3.8) is 0 Å². The minimum absolute atomic E-state index is 0.0294. The van der Waals surface area contributed by atoms with E-state index in [1.54, 1.807) is 19.1 Å². The van der Waals surface area contributed by atoms with Crippen LogP contribution in [0.1, 0.15) is 24.2 Å². The van der Waals surface area contributed by atoms with Crippen molar-refractivity contribution in [3.05, 3.63) is 53.8 Å². The first kappa shape index (κ1) is 22.9. The summed E-state index contributed by atoms with van der Waals surface area (Å²) in [5.74, 6) is -0.849. The van der Waals surface area contributed by atoms with Gasteiger partial charge in [-0.05, 0) is 56.3 Å². The number of ketones is 1. The highest BCUT2D eigenvalue weighted by atomic mass is 32.2. The van der Waals surface area contributed by atoms with Crippen LogP contribution in [-0.2, 0) is 14.8 Å². The number of piperazine rings is 1. The second kappa shape index (κ2) is 9.13. The lowest BCUT2D eigenvalue weighted by molar-refractivity contribution is -0.120. The van der Waals surface area contributed by atoms with Crippen LogP contribution >= 0.6 is 0 Å². The highest BCUT2D eigenvalue weighted by Crippen LogP contribution is 2.23. The summed E-state index contributed by atoms with van der Waals surface area (Å²) in [6.07, 6.45) is 0. The van der Waals surface area contributed by atoms with E-state index in [4.69, 9.17) is 5.14 Å². The van der Waals surface area contributed by atoms with Crippen LogP contribution in [0.25, 0.3) is 0 Å². The van der Waals surface area contributed by atoms with E-state index in [1.807, 2.05) is 9.80 Å². The van der Waals surface area contributed by atoms with Crippen molar-refractivity contribution < 1.29 is 22.4 Å². The van der Waals surface area contributed by atoms with Crippen LogP contribution in [0.5, 0.6) is 0 Å². The summed E-state index contributed by atoms with van der Waals surface area (Å²) in [6.45, 7) is 5.38. The fourth-order valence-electron chi connectivity index (χ4n) is 3.47. The molecule has 1 amide bonds. The molecule has 0 spiro atoms. The number of nitrogens with zero attached hydrogens (tertiary/aromatic N) is 2. The zero-order valence-electron chi connectivity index (χ0n) is 17.3. The SMILES string of the molecule is CC(=O)c1ccc(N2CCN([C@H](C)C(=O)Nc3ccc(S(N)(=O)=O)cc3)CC2)c(F)c1. The lowest BCUT2D eigenvalue weighted by atomic mass is 10.1. The minimum atomic E-state index is -3.79. The molecule has 3 rings (SSSR count). The van der Waals surface area contributed by atoms with Gasteiger partial charge in [-0.1, -0.05) is 0 Å². The molecule has 1 heterocycles. The normalized spacial score (nSPS) is 16.1. The molecule has 2 aromatic carbocycles. The number of benzene rings is 2. The van der Waals surface area contributed by atoms with Gasteiger partial charge in [-0.25, -0.2) is 17.9 Å². The Morgan fingerprint density at radius 1 is 1.06 bits per heavy atom. The van der Waals surface area contributed by atoms with Crippen LogP contribution in [-0.4, -0.2) is 57.2 Å². The van der Waals surface area contributed by atoms with Crippen molar-refractivity contribution in [2.75, 3.05) is 36.4 Å². The Bertz CT molecular complexity index is 1080. The monoisotopic (exact) mass is 448 g/mol. The Labute approximate surface area is 180 Å². The Hall–Kier alpha value is -2.82. The standard InChI is InChI=1S/C21H25FN4O4S/c1-14(21(28)24-17-4-6-18(7-5-17)31(23,29)30)25-9-11-26(12-10-25)20-8-3-16(15(2)27)13-19(20)22/h3-8,13-14H,9-12H2,1-2H3,(H,24,28)(H2,23,29,30)/t14-/m1/s1. The first-order valence-corrected chi connectivity index (χ1v) is 11.3. The van der Waals surface area contributed by atoms with Crippen molar-refractivity contribution >= 4 is 33.1 Å². The smallest absolute Gasteiger partial charge is 0.241 e. The van der Waals surface area contributed by atoms with Gasteiger partial charge in [0.25, 0.3) is 0 Å². The van der Waals surface area contributed by atoms with Crippen molar-refractivity contribution in [3.8, 4) is 0 Å². The molecule has 0 aromatic heterocycles. The lowest BCUT2D eigenvalue weighted by Gasteiger charge is -2.38. The number of rotatable bonds is 6. The van der Waals surface area contributed by atoms with Gasteiger partial charge in [0.05, 0.1) is 16.6 Å². The molecule has 1 aliphatic heterocycles. The third-order valence-corrected chi connectivity index (χ3v) is 6.32. The fourth-order valence-corrected chi connectivity index (χ4v) is 3.99.